The molecule has 162 valence electrons. The molecule has 0 saturated heterocycles. The van der Waals surface area contributed by atoms with Gasteiger partial charge in [-0.1, -0.05) is 6.07 Å². The van der Waals surface area contributed by atoms with E-state index in [-0.39, 0.29) is 23.5 Å². The number of rotatable bonds is 5. The van der Waals surface area contributed by atoms with Crippen LogP contribution >= 0.6 is 0 Å². The zero-order chi connectivity index (χ0) is 21.3. The second-order valence-corrected chi connectivity index (χ2v) is 9.45. The Morgan fingerprint density at radius 3 is 2.50 bits per heavy atom. The molecule has 1 unspecified atom stereocenters. The van der Waals surface area contributed by atoms with Crippen molar-refractivity contribution in [3.63, 3.8) is 0 Å². The van der Waals surface area contributed by atoms with Crippen LogP contribution in [0.15, 0.2) is 22.2 Å². The van der Waals surface area contributed by atoms with Crippen LogP contribution in [0, 0.1) is 4.78 Å². The molecule has 9 nitrogen and oxygen atoms in total. The van der Waals surface area contributed by atoms with E-state index < -0.39 is 15.9 Å². The van der Waals surface area contributed by atoms with E-state index in [0.717, 1.165) is 61.5 Å². The van der Waals surface area contributed by atoms with Crippen molar-refractivity contribution in [1.82, 2.24) is 4.72 Å². The summed E-state index contributed by atoms with van der Waals surface area (Å²) in [5.74, 6) is -0.00686. The van der Waals surface area contributed by atoms with Gasteiger partial charge in [0.05, 0.1) is 6.54 Å². The summed E-state index contributed by atoms with van der Waals surface area (Å²) in [6, 6.07) is 1.57. The fraction of sp³-hybridized carbons (Fsp3) is 0.500. The lowest BCUT2D eigenvalue weighted by molar-refractivity contribution is 0.0507. The minimum absolute atomic E-state index is 0.00686. The number of benzene rings is 1. The summed E-state index contributed by atoms with van der Waals surface area (Å²) in [7, 11) is -2.22. The first-order valence-electron chi connectivity index (χ1n) is 10.1. The van der Waals surface area contributed by atoms with Gasteiger partial charge in [0.2, 0.25) is 5.90 Å². The second kappa shape index (κ2) is 8.27. The summed E-state index contributed by atoms with van der Waals surface area (Å²) < 4.78 is 34.1. The molecule has 1 aromatic rings. The van der Waals surface area contributed by atoms with Gasteiger partial charge in [0.1, 0.15) is 17.6 Å². The highest BCUT2D eigenvalue weighted by Crippen LogP contribution is 2.38. The van der Waals surface area contributed by atoms with Crippen molar-refractivity contribution >= 4 is 27.5 Å². The van der Waals surface area contributed by atoms with Gasteiger partial charge in [-0.15, -0.1) is 0 Å². The van der Waals surface area contributed by atoms with Crippen LogP contribution in [0.3, 0.4) is 0 Å². The third-order valence-corrected chi connectivity index (χ3v) is 7.20. The molecule has 2 atom stereocenters. The van der Waals surface area contributed by atoms with Crippen LogP contribution in [-0.2, 0) is 45.1 Å². The number of amides is 2. The van der Waals surface area contributed by atoms with Gasteiger partial charge in [0.15, 0.2) is 9.92 Å². The third kappa shape index (κ3) is 3.89. The van der Waals surface area contributed by atoms with Gasteiger partial charge >= 0.3 is 6.03 Å². The van der Waals surface area contributed by atoms with Crippen LogP contribution in [-0.4, -0.2) is 42.5 Å². The Morgan fingerprint density at radius 1 is 1.30 bits per heavy atom. The lowest BCUT2D eigenvalue weighted by atomic mass is 9.99. The normalized spacial score (nSPS) is 22.4. The van der Waals surface area contributed by atoms with E-state index in [9.17, 15) is 9.00 Å². The highest BCUT2D eigenvalue weighted by Gasteiger charge is 2.29. The number of aliphatic imine (C=N–C) groups is 1. The number of nitrogens with one attached hydrogen (secondary N) is 3. The van der Waals surface area contributed by atoms with Crippen molar-refractivity contribution in [2.75, 3.05) is 25.6 Å². The number of aryl methyl sites for hydroxylation is 2. The molecule has 30 heavy (non-hydrogen) atoms. The van der Waals surface area contributed by atoms with E-state index in [1.807, 2.05) is 0 Å². The van der Waals surface area contributed by atoms with Gasteiger partial charge in [0, 0.05) is 19.0 Å². The Labute approximate surface area is 176 Å². The number of carbonyl (C=O) groups excluding carboxylic acids is 1. The molecular weight excluding hydrogens is 406 g/mol. The van der Waals surface area contributed by atoms with Crippen molar-refractivity contribution in [3.8, 4) is 0 Å². The molecule has 2 amide bonds. The maximum absolute atomic E-state index is 13.0. The second-order valence-electron chi connectivity index (χ2n) is 7.69. The molecule has 0 fully saturated rings. The summed E-state index contributed by atoms with van der Waals surface area (Å²) in [6.07, 6.45) is 6.74. The molecule has 0 saturated carbocycles. The van der Waals surface area contributed by atoms with Gasteiger partial charge in [-0.3, -0.25) is 0 Å². The first-order valence-corrected chi connectivity index (χ1v) is 11.6. The maximum Gasteiger partial charge on any atom is 0.331 e. The molecule has 0 radical (unpaired) electrons. The number of ether oxygens (including phenoxy) is 2. The third-order valence-electron chi connectivity index (χ3n) is 5.80. The average Bonchev–Trinajstić information content (AvgIpc) is 3.37. The summed E-state index contributed by atoms with van der Waals surface area (Å²) >= 11 is 0. The molecule has 0 spiro atoms. The minimum Gasteiger partial charge on any atom is -0.474 e. The molecule has 3 aliphatic rings. The minimum atomic E-state index is -3.77. The van der Waals surface area contributed by atoms with Crippen molar-refractivity contribution in [1.29, 1.82) is 4.78 Å². The van der Waals surface area contributed by atoms with Crippen molar-refractivity contribution in [2.24, 2.45) is 10.7 Å². The first kappa shape index (κ1) is 20.7. The van der Waals surface area contributed by atoms with Gasteiger partial charge in [-0.05, 0) is 60.8 Å². The molecule has 0 bridgehead atoms. The SMILES string of the molecule is CO[C@H]1CN=C(C(=CN)S(=N)(=O)NC(=O)Nc2c3c(cc4c2CCC4)CCC3)OC1. The number of hydrogen-bond donors (Lipinski definition) is 4. The number of hydrogen-bond acceptors (Lipinski definition) is 7. The molecule has 4 rings (SSSR count). The summed E-state index contributed by atoms with van der Waals surface area (Å²) in [4.78, 5) is 16.7. The van der Waals surface area contributed by atoms with E-state index in [4.69, 9.17) is 20.0 Å². The van der Waals surface area contributed by atoms with Crippen LogP contribution in [0.4, 0.5) is 10.5 Å². The Morgan fingerprint density at radius 2 is 1.97 bits per heavy atom. The predicted molar refractivity (Wildman–Crippen MR) is 115 cm³/mol. The molecule has 10 heteroatoms. The quantitative estimate of drug-likeness (QED) is 0.562. The van der Waals surface area contributed by atoms with Crippen LogP contribution in [0.5, 0.6) is 0 Å². The van der Waals surface area contributed by atoms with E-state index in [1.54, 1.807) is 7.11 Å². The standard InChI is InChI=1S/C20H27N5O4S/c1-28-14-10-23-19(29-11-14)17(9-21)30(22,27)25-20(26)24-18-15-6-2-4-12(15)8-13-5-3-7-16(13)18/h8-9,14H,2-7,10-11,21H2,1H3,(H3,22,24,25,26,27)/t14-,30?/m0/s1. The van der Waals surface area contributed by atoms with Crippen LogP contribution in [0.1, 0.15) is 35.1 Å². The Balaban J connectivity index is 1.53. The fourth-order valence-electron chi connectivity index (χ4n) is 4.33. The highest BCUT2D eigenvalue weighted by molar-refractivity contribution is 7.95. The largest absolute Gasteiger partial charge is 0.474 e. The Hall–Kier alpha value is -2.59. The van der Waals surface area contributed by atoms with Gasteiger partial charge in [-0.2, -0.15) is 0 Å². The van der Waals surface area contributed by atoms with Gasteiger partial charge in [0.25, 0.3) is 0 Å². The molecule has 2 aliphatic carbocycles. The number of nitrogens with two attached hydrogens (primary N) is 1. The number of methoxy groups -OCH3 is 1. The van der Waals surface area contributed by atoms with Crippen molar-refractivity contribution in [3.05, 3.63) is 39.4 Å². The number of nitrogens with zero attached hydrogens (tertiary/aromatic N) is 1. The highest BCUT2D eigenvalue weighted by atomic mass is 32.2. The average molecular weight is 434 g/mol. The fourth-order valence-corrected chi connectivity index (χ4v) is 5.31. The smallest absolute Gasteiger partial charge is 0.331 e. The zero-order valence-electron chi connectivity index (χ0n) is 17.0. The van der Waals surface area contributed by atoms with Crippen LogP contribution in [0.2, 0.25) is 0 Å². The molecule has 1 aromatic carbocycles. The molecular formula is C20H27N5O4S. The first-order chi connectivity index (χ1) is 14.4. The molecule has 5 N–H and O–H groups in total. The summed E-state index contributed by atoms with van der Waals surface area (Å²) in [6.45, 7) is 0.504. The topological polar surface area (TPSA) is 139 Å². The number of fused-ring (bicyclic) bond motifs is 2. The summed E-state index contributed by atoms with van der Waals surface area (Å²) in [5, 5.41) is 2.88. The lowest BCUT2D eigenvalue weighted by Gasteiger charge is -2.23. The number of anilines is 1. The molecule has 1 heterocycles. The van der Waals surface area contributed by atoms with E-state index in [1.165, 1.54) is 11.1 Å². The van der Waals surface area contributed by atoms with E-state index in [2.05, 4.69) is 21.1 Å². The van der Waals surface area contributed by atoms with E-state index in [0.29, 0.717) is 6.54 Å². The lowest BCUT2D eigenvalue weighted by Crippen LogP contribution is -2.39. The molecule has 1 aliphatic heterocycles. The number of urea groups is 1. The van der Waals surface area contributed by atoms with Gasteiger partial charge < -0.3 is 20.5 Å². The maximum atomic E-state index is 13.0. The van der Waals surface area contributed by atoms with Crippen LogP contribution in [0.25, 0.3) is 0 Å². The van der Waals surface area contributed by atoms with Crippen LogP contribution < -0.4 is 15.8 Å². The van der Waals surface area contributed by atoms with Crippen molar-refractivity contribution < 1.29 is 18.5 Å². The van der Waals surface area contributed by atoms with E-state index >= 15 is 0 Å². The summed E-state index contributed by atoms with van der Waals surface area (Å²) in [5.41, 5.74) is 11.3. The molecule has 0 aromatic heterocycles. The van der Waals surface area contributed by atoms with Gasteiger partial charge in [-0.25, -0.2) is 23.5 Å². The predicted octanol–water partition coefficient (Wildman–Crippen LogP) is 1.99. The monoisotopic (exact) mass is 433 g/mol. The zero-order valence-corrected chi connectivity index (χ0v) is 17.8. The number of carbonyl (C=O) groups is 1. The Kier molecular flexibility index (Phi) is 5.70. The Bertz CT molecular complexity index is 1000. The van der Waals surface area contributed by atoms with Crippen molar-refractivity contribution in [2.45, 2.75) is 44.6 Å².